The highest BCUT2D eigenvalue weighted by molar-refractivity contribution is 5.58. The van der Waals surface area contributed by atoms with Crippen LogP contribution < -0.4 is 4.90 Å². The monoisotopic (exact) mass is 282 g/mol. The molecule has 0 radical (unpaired) electrons. The summed E-state index contributed by atoms with van der Waals surface area (Å²) in [6.45, 7) is 7.41. The highest BCUT2D eigenvalue weighted by Crippen LogP contribution is 2.26. The second-order valence-corrected chi connectivity index (χ2v) is 5.95. The van der Waals surface area contributed by atoms with Crippen LogP contribution in [0.5, 0.6) is 0 Å². The molecule has 3 rings (SSSR count). The third-order valence-electron chi connectivity index (χ3n) is 4.18. The fraction of sp³-hybridized carbons (Fsp3) is 0.471. The fourth-order valence-corrected chi connectivity index (χ4v) is 2.96. The topological polar surface area (TPSA) is 41.9 Å². The SMILES string of the molecule is Cc1cccc(-c2nnc(C)c(N3CCCCC3C)n2)c1. The van der Waals surface area contributed by atoms with E-state index in [1.807, 2.05) is 19.1 Å². The molecule has 110 valence electrons. The van der Waals surface area contributed by atoms with Crippen LogP contribution in [0.25, 0.3) is 11.4 Å². The quantitative estimate of drug-likeness (QED) is 0.845. The molecule has 4 heteroatoms. The molecule has 1 aliphatic rings. The molecule has 2 heterocycles. The molecule has 0 bridgehead atoms. The van der Waals surface area contributed by atoms with Crippen molar-refractivity contribution in [2.45, 2.75) is 46.1 Å². The Morgan fingerprint density at radius 2 is 2.00 bits per heavy atom. The van der Waals surface area contributed by atoms with Gasteiger partial charge >= 0.3 is 0 Å². The second-order valence-electron chi connectivity index (χ2n) is 5.95. The van der Waals surface area contributed by atoms with Crippen LogP contribution in [-0.2, 0) is 0 Å². The Balaban J connectivity index is 2.00. The Bertz CT molecular complexity index is 638. The van der Waals surface area contributed by atoms with Crippen LogP contribution in [0.2, 0.25) is 0 Å². The largest absolute Gasteiger partial charge is 0.352 e. The van der Waals surface area contributed by atoms with Crippen LogP contribution in [0.4, 0.5) is 5.82 Å². The zero-order valence-electron chi connectivity index (χ0n) is 13.0. The minimum Gasteiger partial charge on any atom is -0.352 e. The fourth-order valence-electron chi connectivity index (χ4n) is 2.96. The van der Waals surface area contributed by atoms with E-state index in [4.69, 9.17) is 4.98 Å². The summed E-state index contributed by atoms with van der Waals surface area (Å²) in [5, 5.41) is 8.62. The van der Waals surface area contributed by atoms with Gasteiger partial charge in [0.05, 0.1) is 0 Å². The lowest BCUT2D eigenvalue weighted by molar-refractivity contribution is 0.479. The van der Waals surface area contributed by atoms with Crippen LogP contribution in [0, 0.1) is 13.8 Å². The van der Waals surface area contributed by atoms with Gasteiger partial charge in [-0.3, -0.25) is 0 Å². The van der Waals surface area contributed by atoms with E-state index in [0.717, 1.165) is 29.4 Å². The molecule has 1 saturated heterocycles. The Hall–Kier alpha value is -1.97. The van der Waals surface area contributed by atoms with E-state index >= 15 is 0 Å². The number of hydrogen-bond donors (Lipinski definition) is 0. The van der Waals surface area contributed by atoms with Gasteiger partial charge in [-0.05, 0) is 46.1 Å². The minimum atomic E-state index is 0.527. The molecular weight excluding hydrogens is 260 g/mol. The summed E-state index contributed by atoms with van der Waals surface area (Å²) < 4.78 is 0. The van der Waals surface area contributed by atoms with E-state index in [1.54, 1.807) is 0 Å². The van der Waals surface area contributed by atoms with Crippen molar-refractivity contribution in [2.24, 2.45) is 0 Å². The summed E-state index contributed by atoms with van der Waals surface area (Å²) in [7, 11) is 0. The first-order valence-corrected chi connectivity index (χ1v) is 7.70. The lowest BCUT2D eigenvalue weighted by Gasteiger charge is -2.34. The molecular formula is C17H22N4. The zero-order chi connectivity index (χ0) is 14.8. The van der Waals surface area contributed by atoms with Gasteiger partial charge < -0.3 is 4.90 Å². The van der Waals surface area contributed by atoms with Crippen molar-refractivity contribution in [1.82, 2.24) is 15.2 Å². The molecule has 4 nitrogen and oxygen atoms in total. The Morgan fingerprint density at radius 3 is 2.76 bits per heavy atom. The third-order valence-corrected chi connectivity index (χ3v) is 4.18. The number of aryl methyl sites for hydroxylation is 2. The van der Waals surface area contributed by atoms with Gasteiger partial charge in [0.1, 0.15) is 5.69 Å². The van der Waals surface area contributed by atoms with E-state index in [1.165, 1.54) is 24.8 Å². The lowest BCUT2D eigenvalue weighted by atomic mass is 10.0. The predicted molar refractivity (Wildman–Crippen MR) is 85.4 cm³/mol. The molecule has 0 amide bonds. The van der Waals surface area contributed by atoms with Crippen LogP contribution >= 0.6 is 0 Å². The summed E-state index contributed by atoms with van der Waals surface area (Å²) in [5.41, 5.74) is 3.16. The number of nitrogens with zero attached hydrogens (tertiary/aromatic N) is 4. The molecule has 1 unspecified atom stereocenters. The number of anilines is 1. The maximum atomic E-state index is 4.81. The second kappa shape index (κ2) is 5.80. The molecule has 1 atom stereocenters. The van der Waals surface area contributed by atoms with E-state index in [2.05, 4.69) is 41.1 Å². The minimum absolute atomic E-state index is 0.527. The van der Waals surface area contributed by atoms with Gasteiger partial charge in [0.25, 0.3) is 0 Å². The summed E-state index contributed by atoms with van der Waals surface area (Å²) in [4.78, 5) is 7.19. The molecule has 1 aromatic carbocycles. The number of rotatable bonds is 2. The number of benzene rings is 1. The molecule has 2 aromatic rings. The first kappa shape index (κ1) is 14.0. The van der Waals surface area contributed by atoms with E-state index in [9.17, 15) is 0 Å². The number of aromatic nitrogens is 3. The van der Waals surface area contributed by atoms with E-state index in [0.29, 0.717) is 6.04 Å². The maximum Gasteiger partial charge on any atom is 0.183 e. The predicted octanol–water partition coefficient (Wildman–Crippen LogP) is 3.53. The van der Waals surface area contributed by atoms with Crippen LogP contribution in [0.3, 0.4) is 0 Å². The van der Waals surface area contributed by atoms with Crippen molar-refractivity contribution in [3.8, 4) is 11.4 Å². The van der Waals surface area contributed by atoms with Gasteiger partial charge in [-0.15, -0.1) is 10.2 Å². The number of hydrogen-bond acceptors (Lipinski definition) is 4. The van der Waals surface area contributed by atoms with E-state index in [-0.39, 0.29) is 0 Å². The van der Waals surface area contributed by atoms with Gasteiger partial charge in [0.15, 0.2) is 11.6 Å². The first-order chi connectivity index (χ1) is 10.1. The molecule has 0 saturated carbocycles. The van der Waals surface area contributed by atoms with Gasteiger partial charge in [0.2, 0.25) is 0 Å². The summed E-state index contributed by atoms with van der Waals surface area (Å²) in [6.07, 6.45) is 3.76. The first-order valence-electron chi connectivity index (χ1n) is 7.70. The molecule has 1 fully saturated rings. The van der Waals surface area contributed by atoms with Crippen molar-refractivity contribution >= 4 is 5.82 Å². The van der Waals surface area contributed by atoms with Crippen LogP contribution in [0.15, 0.2) is 24.3 Å². The molecule has 0 N–H and O–H groups in total. The Morgan fingerprint density at radius 1 is 1.14 bits per heavy atom. The summed E-state index contributed by atoms with van der Waals surface area (Å²) >= 11 is 0. The van der Waals surface area contributed by atoms with Crippen molar-refractivity contribution in [3.05, 3.63) is 35.5 Å². The Labute approximate surface area is 126 Å². The standard InChI is InChI=1S/C17H22N4/c1-12-7-6-9-15(11-12)16-18-17(14(3)19-20-16)21-10-5-4-8-13(21)2/h6-7,9,11,13H,4-5,8,10H2,1-3H3. The maximum absolute atomic E-state index is 4.81. The highest BCUT2D eigenvalue weighted by atomic mass is 15.3. The van der Waals surface area contributed by atoms with Crippen molar-refractivity contribution in [3.63, 3.8) is 0 Å². The normalized spacial score (nSPS) is 18.8. The smallest absolute Gasteiger partial charge is 0.183 e. The van der Waals surface area contributed by atoms with Gasteiger partial charge in [-0.2, -0.15) is 0 Å². The van der Waals surface area contributed by atoms with Gasteiger partial charge in [-0.25, -0.2) is 4.98 Å². The molecule has 0 aliphatic carbocycles. The van der Waals surface area contributed by atoms with E-state index < -0.39 is 0 Å². The summed E-state index contributed by atoms with van der Waals surface area (Å²) in [5.74, 6) is 1.71. The molecule has 21 heavy (non-hydrogen) atoms. The third kappa shape index (κ3) is 2.89. The Kier molecular flexibility index (Phi) is 3.86. The molecule has 1 aliphatic heterocycles. The average Bonchev–Trinajstić information content (AvgIpc) is 2.49. The molecule has 1 aromatic heterocycles. The van der Waals surface area contributed by atoms with Crippen LogP contribution in [0.1, 0.15) is 37.4 Å². The van der Waals surface area contributed by atoms with Crippen molar-refractivity contribution in [1.29, 1.82) is 0 Å². The molecule has 0 spiro atoms. The van der Waals surface area contributed by atoms with Crippen molar-refractivity contribution < 1.29 is 0 Å². The van der Waals surface area contributed by atoms with Gasteiger partial charge in [0, 0.05) is 18.2 Å². The average molecular weight is 282 g/mol. The summed E-state index contributed by atoms with van der Waals surface area (Å²) in [6, 6.07) is 8.80. The van der Waals surface area contributed by atoms with Crippen LogP contribution in [-0.4, -0.2) is 27.8 Å². The zero-order valence-corrected chi connectivity index (χ0v) is 13.0. The van der Waals surface area contributed by atoms with Crippen molar-refractivity contribution in [2.75, 3.05) is 11.4 Å². The number of piperidine rings is 1. The van der Waals surface area contributed by atoms with Gasteiger partial charge in [-0.1, -0.05) is 23.8 Å². The lowest BCUT2D eigenvalue weighted by Crippen LogP contribution is -2.38. The highest BCUT2D eigenvalue weighted by Gasteiger charge is 2.22.